The van der Waals surface area contributed by atoms with E-state index in [1.165, 1.54) is 24.3 Å². The molecule has 0 bridgehead atoms. The second kappa shape index (κ2) is 8.38. The average molecular weight is 376 g/mol. The second-order valence-electron chi connectivity index (χ2n) is 5.09. The third-order valence-electron chi connectivity index (χ3n) is 3.17. The van der Waals surface area contributed by atoms with Crippen molar-refractivity contribution in [2.75, 3.05) is 17.7 Å². The molecule has 2 rings (SSSR count). The Balaban J connectivity index is 1.89. The van der Waals surface area contributed by atoms with E-state index >= 15 is 0 Å². The van der Waals surface area contributed by atoms with Crippen LogP contribution in [0.2, 0.25) is 0 Å². The number of esters is 1. The number of imide groups is 1. The molecule has 0 radical (unpaired) electrons. The number of hydrogen-bond donors (Lipinski definition) is 3. The quantitative estimate of drug-likeness (QED) is 0.311. The van der Waals surface area contributed by atoms with Crippen LogP contribution in [0.25, 0.3) is 0 Å². The molecule has 2 aromatic rings. The van der Waals surface area contributed by atoms with E-state index in [9.17, 15) is 28.9 Å². The van der Waals surface area contributed by atoms with Crippen LogP contribution < -0.4 is 16.4 Å². The molecule has 0 saturated carbocycles. The van der Waals surface area contributed by atoms with Gasteiger partial charge < -0.3 is 15.8 Å². The second-order valence-corrected chi connectivity index (χ2v) is 5.09. The van der Waals surface area contributed by atoms with Crippen molar-refractivity contribution in [1.29, 1.82) is 0 Å². The Labute approximate surface area is 151 Å². The molecule has 11 heteroatoms. The molecule has 0 fully saturated rings. The van der Waals surface area contributed by atoms with E-state index < -0.39 is 40.9 Å². The van der Waals surface area contributed by atoms with Gasteiger partial charge in [0, 0.05) is 6.07 Å². The smallest absolute Gasteiger partial charge is 0.338 e. The third kappa shape index (κ3) is 5.22. The normalized spacial score (nSPS) is 9.96. The molecule has 0 spiro atoms. The lowest BCUT2D eigenvalue weighted by Crippen LogP contribution is -2.37. The van der Waals surface area contributed by atoms with E-state index in [0.29, 0.717) is 0 Å². The number of nitrogens with two attached hydrogens (primary N) is 1. The van der Waals surface area contributed by atoms with Gasteiger partial charge in [0.25, 0.3) is 11.6 Å². The molecule has 4 N–H and O–H groups in total. The van der Waals surface area contributed by atoms with Gasteiger partial charge in [0.05, 0.1) is 16.2 Å². The number of urea groups is 1. The zero-order valence-corrected chi connectivity index (χ0v) is 13.6. The monoisotopic (exact) mass is 376 g/mol. The van der Waals surface area contributed by atoms with Gasteiger partial charge in [0.2, 0.25) is 0 Å². The highest BCUT2D eigenvalue weighted by atomic mass is 19.1. The maximum absolute atomic E-state index is 13.4. The third-order valence-corrected chi connectivity index (χ3v) is 3.17. The van der Waals surface area contributed by atoms with Crippen LogP contribution in [0.4, 0.5) is 26.2 Å². The van der Waals surface area contributed by atoms with Gasteiger partial charge in [0.1, 0.15) is 11.5 Å². The number of benzene rings is 2. The summed E-state index contributed by atoms with van der Waals surface area (Å²) in [6.07, 6.45) is 0. The molecular weight excluding hydrogens is 363 g/mol. The van der Waals surface area contributed by atoms with E-state index in [0.717, 1.165) is 18.2 Å². The standard InChI is InChI=1S/C16H13FN4O6/c17-10-3-1-2-4-12(10)19-16(24)20-14(22)8-27-15(23)9-5-6-11(18)13(7-9)21(25)26/h1-7H,8,18H2,(H2,19,20,22,24). The van der Waals surface area contributed by atoms with Crippen LogP contribution in [0.15, 0.2) is 42.5 Å². The molecule has 0 aliphatic heterocycles. The van der Waals surface area contributed by atoms with Crippen molar-refractivity contribution in [3.8, 4) is 0 Å². The summed E-state index contributed by atoms with van der Waals surface area (Å²) >= 11 is 0. The molecular formula is C16H13FN4O6. The molecule has 0 aromatic heterocycles. The maximum atomic E-state index is 13.4. The highest BCUT2D eigenvalue weighted by Crippen LogP contribution is 2.22. The summed E-state index contributed by atoms with van der Waals surface area (Å²) in [4.78, 5) is 45.1. The maximum Gasteiger partial charge on any atom is 0.338 e. The summed E-state index contributed by atoms with van der Waals surface area (Å²) in [5, 5.41) is 14.7. The number of nitrogens with zero attached hydrogens (tertiary/aromatic N) is 1. The van der Waals surface area contributed by atoms with Gasteiger partial charge in [-0.1, -0.05) is 12.1 Å². The van der Waals surface area contributed by atoms with Gasteiger partial charge in [0.15, 0.2) is 6.61 Å². The first kappa shape index (κ1) is 19.3. The van der Waals surface area contributed by atoms with Crippen LogP contribution >= 0.6 is 0 Å². The summed E-state index contributed by atoms with van der Waals surface area (Å²) in [5.74, 6) is -2.71. The van der Waals surface area contributed by atoms with E-state index in [2.05, 4.69) is 10.1 Å². The molecule has 0 unspecified atom stereocenters. The highest BCUT2D eigenvalue weighted by Gasteiger charge is 2.18. The molecule has 0 atom stereocenters. The van der Waals surface area contributed by atoms with Crippen LogP contribution in [0, 0.1) is 15.9 Å². The molecule has 27 heavy (non-hydrogen) atoms. The average Bonchev–Trinajstić information content (AvgIpc) is 2.61. The van der Waals surface area contributed by atoms with Crippen LogP contribution in [0.5, 0.6) is 0 Å². The van der Waals surface area contributed by atoms with Gasteiger partial charge in [-0.3, -0.25) is 20.2 Å². The molecule has 0 heterocycles. The van der Waals surface area contributed by atoms with Crippen molar-refractivity contribution >= 4 is 35.0 Å². The van der Waals surface area contributed by atoms with Crippen LogP contribution in [-0.4, -0.2) is 29.4 Å². The minimum Gasteiger partial charge on any atom is -0.452 e. The fourth-order valence-corrected chi connectivity index (χ4v) is 1.92. The number of nitro groups is 1. The molecule has 0 aliphatic carbocycles. The van der Waals surface area contributed by atoms with Gasteiger partial charge in [-0.25, -0.2) is 14.0 Å². The number of rotatable bonds is 5. The summed E-state index contributed by atoms with van der Waals surface area (Å²) < 4.78 is 18.1. The Morgan fingerprint density at radius 3 is 2.56 bits per heavy atom. The Hall–Kier alpha value is -4.02. The van der Waals surface area contributed by atoms with E-state index in [1.54, 1.807) is 0 Å². The first-order valence-electron chi connectivity index (χ1n) is 7.34. The van der Waals surface area contributed by atoms with Crippen LogP contribution in [0.3, 0.4) is 0 Å². The predicted molar refractivity (Wildman–Crippen MR) is 91.4 cm³/mol. The number of hydrogen-bond acceptors (Lipinski definition) is 7. The number of carbonyl (C=O) groups is 3. The minimum absolute atomic E-state index is 0.140. The zero-order chi connectivity index (χ0) is 20.0. The van der Waals surface area contributed by atoms with Gasteiger partial charge in [-0.05, 0) is 24.3 Å². The highest BCUT2D eigenvalue weighted by molar-refractivity contribution is 6.02. The first-order chi connectivity index (χ1) is 12.8. The minimum atomic E-state index is -1.03. The van der Waals surface area contributed by atoms with Crippen molar-refractivity contribution in [2.45, 2.75) is 0 Å². The van der Waals surface area contributed by atoms with Gasteiger partial charge in [-0.15, -0.1) is 0 Å². The Kier molecular flexibility index (Phi) is 5.99. The molecule has 3 amide bonds. The number of nitro benzene ring substituents is 1. The number of carbonyl (C=O) groups excluding carboxylic acids is 3. The lowest BCUT2D eigenvalue weighted by Gasteiger charge is -2.08. The Morgan fingerprint density at radius 2 is 1.89 bits per heavy atom. The lowest BCUT2D eigenvalue weighted by molar-refractivity contribution is -0.383. The number of nitrogen functional groups attached to an aromatic ring is 1. The molecule has 10 nitrogen and oxygen atoms in total. The summed E-state index contributed by atoms with van der Waals surface area (Å²) in [5.41, 5.74) is 4.45. The van der Waals surface area contributed by atoms with E-state index in [1.807, 2.05) is 5.32 Å². The number of anilines is 2. The predicted octanol–water partition coefficient (Wildman–Crippen LogP) is 1.82. The summed E-state index contributed by atoms with van der Waals surface area (Å²) in [6, 6.07) is 7.52. The fraction of sp³-hybridized carbons (Fsp3) is 0.0625. The fourth-order valence-electron chi connectivity index (χ4n) is 1.92. The SMILES string of the molecule is Nc1ccc(C(=O)OCC(=O)NC(=O)Nc2ccccc2F)cc1[N+](=O)[O-]. The molecule has 140 valence electrons. The van der Waals surface area contributed by atoms with Crippen molar-refractivity contribution in [3.05, 3.63) is 64.0 Å². The van der Waals surface area contributed by atoms with E-state index in [4.69, 9.17) is 5.73 Å². The van der Waals surface area contributed by atoms with Crippen molar-refractivity contribution in [3.63, 3.8) is 0 Å². The number of halogens is 1. The van der Waals surface area contributed by atoms with Crippen LogP contribution in [0.1, 0.15) is 10.4 Å². The number of nitrogens with one attached hydrogen (secondary N) is 2. The van der Waals surface area contributed by atoms with Crippen molar-refractivity contribution in [1.82, 2.24) is 5.32 Å². The summed E-state index contributed by atoms with van der Waals surface area (Å²) in [6.45, 7) is -0.832. The number of amides is 3. The van der Waals surface area contributed by atoms with Crippen LogP contribution in [-0.2, 0) is 9.53 Å². The Bertz CT molecular complexity index is 918. The number of ether oxygens (including phenoxy) is 1. The van der Waals surface area contributed by atoms with E-state index in [-0.39, 0.29) is 16.9 Å². The van der Waals surface area contributed by atoms with Crippen molar-refractivity contribution in [2.24, 2.45) is 0 Å². The molecule has 0 saturated heterocycles. The Morgan fingerprint density at radius 1 is 1.19 bits per heavy atom. The lowest BCUT2D eigenvalue weighted by atomic mass is 10.2. The van der Waals surface area contributed by atoms with Gasteiger partial charge >= 0.3 is 12.0 Å². The topological polar surface area (TPSA) is 154 Å². The molecule has 2 aromatic carbocycles. The van der Waals surface area contributed by atoms with Gasteiger partial charge in [-0.2, -0.15) is 0 Å². The molecule has 0 aliphatic rings. The number of para-hydroxylation sites is 1. The first-order valence-corrected chi connectivity index (χ1v) is 7.34. The summed E-state index contributed by atoms with van der Waals surface area (Å²) in [7, 11) is 0. The zero-order valence-electron chi connectivity index (χ0n) is 13.6. The van der Waals surface area contributed by atoms with Crippen molar-refractivity contribution < 1.29 is 28.4 Å². The largest absolute Gasteiger partial charge is 0.452 e.